The highest BCUT2D eigenvalue weighted by molar-refractivity contribution is 4.97. The molecule has 0 amide bonds. The fourth-order valence-electron chi connectivity index (χ4n) is 2.54. The van der Waals surface area contributed by atoms with E-state index in [1.807, 2.05) is 12.4 Å². The molecule has 0 bridgehead atoms. The van der Waals surface area contributed by atoms with Crippen LogP contribution >= 0.6 is 0 Å². The fraction of sp³-hybridized carbons (Fsp3) is 0.727. The second-order valence-corrected chi connectivity index (χ2v) is 4.51. The molecule has 2 atom stereocenters. The molecule has 0 aliphatic carbocycles. The smallest absolute Gasteiger partial charge is 0.122 e. The second-order valence-electron chi connectivity index (χ2n) is 4.51. The monoisotopic (exact) mass is 223 g/mol. The lowest BCUT2D eigenvalue weighted by Crippen LogP contribution is -2.52. The summed E-state index contributed by atoms with van der Waals surface area (Å²) in [5.41, 5.74) is 0. The summed E-state index contributed by atoms with van der Waals surface area (Å²) < 4.78 is 7.62. The minimum absolute atomic E-state index is 0.138. The highest BCUT2D eigenvalue weighted by Crippen LogP contribution is 2.19. The van der Waals surface area contributed by atoms with Gasteiger partial charge in [-0.1, -0.05) is 0 Å². The molecule has 2 aliphatic heterocycles. The number of fused-ring (bicyclic) bond motifs is 1. The van der Waals surface area contributed by atoms with Crippen LogP contribution in [-0.4, -0.2) is 51.5 Å². The standard InChI is InChI=1S/C11H17N3O2/c15-10-1-6-16-8-9(10)14-5-4-13-3-2-12-11(13)7-14/h2-3,9-10,15H,1,4-8H2. The number of hydrogen-bond donors (Lipinski definition) is 1. The average Bonchev–Trinajstić information content (AvgIpc) is 2.76. The van der Waals surface area contributed by atoms with Crippen molar-refractivity contribution in [2.45, 2.75) is 31.7 Å². The molecule has 2 unspecified atom stereocenters. The molecule has 1 saturated heterocycles. The van der Waals surface area contributed by atoms with Crippen molar-refractivity contribution < 1.29 is 9.84 Å². The Morgan fingerprint density at radius 3 is 3.25 bits per heavy atom. The fourth-order valence-corrected chi connectivity index (χ4v) is 2.54. The van der Waals surface area contributed by atoms with Crippen LogP contribution in [0.2, 0.25) is 0 Å². The zero-order valence-electron chi connectivity index (χ0n) is 9.25. The maximum atomic E-state index is 9.97. The lowest BCUT2D eigenvalue weighted by molar-refractivity contribution is -0.0685. The van der Waals surface area contributed by atoms with Gasteiger partial charge in [-0.3, -0.25) is 4.90 Å². The number of nitrogens with zero attached hydrogens (tertiary/aromatic N) is 3. The van der Waals surface area contributed by atoms with Gasteiger partial charge >= 0.3 is 0 Å². The number of hydrogen-bond acceptors (Lipinski definition) is 4. The molecule has 88 valence electrons. The molecule has 1 aromatic heterocycles. The van der Waals surface area contributed by atoms with Crippen molar-refractivity contribution in [3.8, 4) is 0 Å². The van der Waals surface area contributed by atoms with Gasteiger partial charge < -0.3 is 14.4 Å². The summed E-state index contributed by atoms with van der Waals surface area (Å²) in [6.07, 6.45) is 4.35. The molecule has 3 rings (SSSR count). The van der Waals surface area contributed by atoms with Crippen LogP contribution in [0.1, 0.15) is 12.2 Å². The van der Waals surface area contributed by atoms with E-state index >= 15 is 0 Å². The number of aromatic nitrogens is 2. The van der Waals surface area contributed by atoms with Gasteiger partial charge in [0.15, 0.2) is 0 Å². The molecular weight excluding hydrogens is 206 g/mol. The van der Waals surface area contributed by atoms with Crippen LogP contribution in [-0.2, 0) is 17.8 Å². The zero-order valence-corrected chi connectivity index (χ0v) is 9.25. The third kappa shape index (κ3) is 1.75. The molecule has 5 heteroatoms. The van der Waals surface area contributed by atoms with Gasteiger partial charge in [0.25, 0.3) is 0 Å². The topological polar surface area (TPSA) is 50.5 Å². The van der Waals surface area contributed by atoms with E-state index in [4.69, 9.17) is 4.74 Å². The van der Waals surface area contributed by atoms with Crippen LogP contribution in [0.5, 0.6) is 0 Å². The largest absolute Gasteiger partial charge is 0.391 e. The molecule has 0 aromatic carbocycles. The predicted octanol–water partition coefficient (Wildman–Crippen LogP) is -0.152. The SMILES string of the molecule is OC1CCOCC1N1CCn2ccnc2C1. The summed E-state index contributed by atoms with van der Waals surface area (Å²) in [7, 11) is 0. The van der Waals surface area contributed by atoms with Gasteiger partial charge in [-0.25, -0.2) is 4.98 Å². The lowest BCUT2D eigenvalue weighted by atomic mass is 10.0. The molecule has 5 nitrogen and oxygen atoms in total. The van der Waals surface area contributed by atoms with E-state index < -0.39 is 0 Å². The van der Waals surface area contributed by atoms with E-state index in [0.29, 0.717) is 13.2 Å². The Morgan fingerprint density at radius 1 is 1.44 bits per heavy atom. The molecule has 0 saturated carbocycles. The van der Waals surface area contributed by atoms with Gasteiger partial charge in [0.1, 0.15) is 5.82 Å². The lowest BCUT2D eigenvalue weighted by Gasteiger charge is -2.39. The molecule has 1 aromatic rings. The third-order valence-electron chi connectivity index (χ3n) is 3.53. The minimum Gasteiger partial charge on any atom is -0.391 e. The van der Waals surface area contributed by atoms with Crippen LogP contribution < -0.4 is 0 Å². The van der Waals surface area contributed by atoms with Gasteiger partial charge in [0, 0.05) is 32.1 Å². The van der Waals surface area contributed by atoms with Crippen molar-refractivity contribution in [2.24, 2.45) is 0 Å². The Hall–Kier alpha value is -0.910. The molecule has 2 aliphatic rings. The van der Waals surface area contributed by atoms with Crippen LogP contribution in [0.15, 0.2) is 12.4 Å². The Labute approximate surface area is 94.6 Å². The number of aliphatic hydroxyl groups is 1. The molecule has 0 radical (unpaired) electrons. The maximum absolute atomic E-state index is 9.97. The predicted molar refractivity (Wildman–Crippen MR) is 57.9 cm³/mol. The third-order valence-corrected chi connectivity index (χ3v) is 3.53. The number of aliphatic hydroxyl groups excluding tert-OH is 1. The van der Waals surface area contributed by atoms with E-state index in [1.165, 1.54) is 0 Å². The highest BCUT2D eigenvalue weighted by Gasteiger charge is 2.31. The Morgan fingerprint density at radius 2 is 2.38 bits per heavy atom. The van der Waals surface area contributed by atoms with Gasteiger partial charge in [0.2, 0.25) is 0 Å². The van der Waals surface area contributed by atoms with Crippen LogP contribution in [0.25, 0.3) is 0 Å². The van der Waals surface area contributed by atoms with Crippen molar-refractivity contribution in [2.75, 3.05) is 19.8 Å². The molecule has 1 N–H and O–H groups in total. The van der Waals surface area contributed by atoms with Gasteiger partial charge in [-0.2, -0.15) is 0 Å². The summed E-state index contributed by atoms with van der Waals surface area (Å²) in [5, 5.41) is 9.97. The van der Waals surface area contributed by atoms with Gasteiger partial charge in [-0.15, -0.1) is 0 Å². The van der Waals surface area contributed by atoms with Crippen molar-refractivity contribution in [3.05, 3.63) is 18.2 Å². The van der Waals surface area contributed by atoms with Crippen LogP contribution in [0.4, 0.5) is 0 Å². The number of rotatable bonds is 1. The average molecular weight is 223 g/mol. The summed E-state index contributed by atoms with van der Waals surface area (Å²) in [6, 6.07) is 0.138. The summed E-state index contributed by atoms with van der Waals surface area (Å²) in [6.45, 7) is 4.06. The zero-order chi connectivity index (χ0) is 11.0. The Bertz CT molecular complexity index is 366. The first-order chi connectivity index (χ1) is 7.84. The second kappa shape index (κ2) is 4.16. The Kier molecular flexibility index (Phi) is 2.67. The van der Waals surface area contributed by atoms with Crippen molar-refractivity contribution >= 4 is 0 Å². The molecular formula is C11H17N3O2. The van der Waals surface area contributed by atoms with Crippen molar-refractivity contribution in [3.63, 3.8) is 0 Å². The van der Waals surface area contributed by atoms with E-state index in [9.17, 15) is 5.11 Å². The van der Waals surface area contributed by atoms with Gasteiger partial charge in [0.05, 0.1) is 25.3 Å². The number of imidazole rings is 1. The highest BCUT2D eigenvalue weighted by atomic mass is 16.5. The van der Waals surface area contributed by atoms with Crippen LogP contribution in [0, 0.1) is 0 Å². The first kappa shape index (κ1) is 10.3. The van der Waals surface area contributed by atoms with Crippen molar-refractivity contribution in [1.82, 2.24) is 14.5 Å². The van der Waals surface area contributed by atoms with E-state index in [2.05, 4.69) is 14.5 Å². The quantitative estimate of drug-likeness (QED) is 0.719. The summed E-state index contributed by atoms with van der Waals surface area (Å²) in [4.78, 5) is 6.61. The Balaban J connectivity index is 1.72. The molecule has 1 fully saturated rings. The molecule has 3 heterocycles. The van der Waals surface area contributed by atoms with E-state index in [0.717, 1.165) is 31.9 Å². The van der Waals surface area contributed by atoms with E-state index in [-0.39, 0.29) is 12.1 Å². The summed E-state index contributed by atoms with van der Waals surface area (Å²) >= 11 is 0. The first-order valence-electron chi connectivity index (χ1n) is 5.84. The summed E-state index contributed by atoms with van der Waals surface area (Å²) in [5.74, 6) is 1.09. The van der Waals surface area contributed by atoms with Gasteiger partial charge in [-0.05, 0) is 6.42 Å². The normalized spacial score (nSPS) is 31.3. The maximum Gasteiger partial charge on any atom is 0.122 e. The van der Waals surface area contributed by atoms with E-state index in [1.54, 1.807) is 0 Å². The van der Waals surface area contributed by atoms with Crippen LogP contribution in [0.3, 0.4) is 0 Å². The van der Waals surface area contributed by atoms with Crippen molar-refractivity contribution in [1.29, 1.82) is 0 Å². The molecule has 0 spiro atoms. The first-order valence-corrected chi connectivity index (χ1v) is 5.84. The minimum atomic E-state index is -0.254. The molecule has 16 heavy (non-hydrogen) atoms. The number of ether oxygens (including phenoxy) is 1.